The zero-order valence-corrected chi connectivity index (χ0v) is 12.3. The van der Waals surface area contributed by atoms with Crippen LogP contribution in [0.15, 0.2) is 6.20 Å². The summed E-state index contributed by atoms with van der Waals surface area (Å²) in [6.07, 6.45) is 5.57. The highest BCUT2D eigenvalue weighted by atomic mass is 16.5. The normalized spacial score (nSPS) is 16.3. The van der Waals surface area contributed by atoms with Crippen LogP contribution in [0.1, 0.15) is 35.3 Å². The van der Waals surface area contributed by atoms with Crippen molar-refractivity contribution in [2.24, 2.45) is 7.05 Å². The minimum atomic E-state index is -0.368. The van der Waals surface area contributed by atoms with Crippen molar-refractivity contribution in [3.8, 4) is 0 Å². The number of carbonyl (C=O) groups excluding carboxylic acids is 1. The highest BCUT2D eigenvalue weighted by Gasteiger charge is 2.16. The second kappa shape index (κ2) is 7.40. The van der Waals surface area contributed by atoms with Gasteiger partial charge in [0.25, 0.3) is 0 Å². The van der Waals surface area contributed by atoms with Gasteiger partial charge in [-0.1, -0.05) is 6.42 Å². The number of likely N-dealkylation sites (tertiary alicyclic amines) is 1. The number of hydrogen-bond donors (Lipinski definition) is 0. The Balaban J connectivity index is 1.77. The van der Waals surface area contributed by atoms with Gasteiger partial charge in [0, 0.05) is 19.8 Å². The monoisotopic (exact) mass is 281 g/mol. The largest absolute Gasteiger partial charge is 0.465 e. The highest BCUT2D eigenvalue weighted by molar-refractivity contribution is 5.90. The van der Waals surface area contributed by atoms with Crippen molar-refractivity contribution in [3.63, 3.8) is 0 Å². The van der Waals surface area contributed by atoms with Gasteiger partial charge in [0.15, 0.2) is 0 Å². The molecule has 6 nitrogen and oxygen atoms in total. The van der Waals surface area contributed by atoms with Gasteiger partial charge in [-0.25, -0.2) is 4.79 Å². The molecule has 1 fully saturated rings. The number of esters is 1. The summed E-state index contributed by atoms with van der Waals surface area (Å²) in [5.74, 6) is -0.368. The first-order chi connectivity index (χ1) is 9.70. The van der Waals surface area contributed by atoms with Crippen molar-refractivity contribution in [2.75, 3.05) is 33.4 Å². The lowest BCUT2D eigenvalue weighted by atomic mass is 10.1. The van der Waals surface area contributed by atoms with E-state index in [0.717, 1.165) is 6.54 Å². The Labute approximate surface area is 119 Å². The molecule has 1 aromatic rings. The van der Waals surface area contributed by atoms with Gasteiger partial charge in [-0.15, -0.1) is 0 Å². The molecular weight excluding hydrogens is 258 g/mol. The van der Waals surface area contributed by atoms with E-state index in [1.807, 2.05) is 0 Å². The van der Waals surface area contributed by atoms with E-state index in [9.17, 15) is 4.79 Å². The molecule has 0 bridgehead atoms. The maximum atomic E-state index is 11.6. The number of ether oxygens (including phenoxy) is 2. The number of hydrogen-bond acceptors (Lipinski definition) is 5. The van der Waals surface area contributed by atoms with Crippen LogP contribution >= 0.6 is 0 Å². The van der Waals surface area contributed by atoms with Gasteiger partial charge < -0.3 is 14.4 Å². The van der Waals surface area contributed by atoms with Crippen LogP contribution in [0.2, 0.25) is 0 Å². The Kier molecular flexibility index (Phi) is 5.55. The van der Waals surface area contributed by atoms with Crippen LogP contribution in [-0.4, -0.2) is 54.0 Å². The van der Waals surface area contributed by atoms with E-state index in [1.165, 1.54) is 39.5 Å². The first kappa shape index (κ1) is 15.0. The summed E-state index contributed by atoms with van der Waals surface area (Å²) in [7, 11) is 3.15. The number of piperidine rings is 1. The zero-order chi connectivity index (χ0) is 14.4. The summed E-state index contributed by atoms with van der Waals surface area (Å²) in [6, 6.07) is 0. The molecule has 20 heavy (non-hydrogen) atoms. The maximum Gasteiger partial charge on any atom is 0.341 e. The molecule has 2 heterocycles. The minimum absolute atomic E-state index is 0.346. The molecule has 0 aromatic carbocycles. The molecule has 0 amide bonds. The first-order valence-corrected chi connectivity index (χ1v) is 7.11. The van der Waals surface area contributed by atoms with E-state index < -0.39 is 0 Å². The topological polar surface area (TPSA) is 56.6 Å². The minimum Gasteiger partial charge on any atom is -0.465 e. The van der Waals surface area contributed by atoms with Crippen LogP contribution in [-0.2, 0) is 23.1 Å². The molecular formula is C14H23N3O3. The Morgan fingerprint density at radius 3 is 2.80 bits per heavy atom. The number of rotatable bonds is 6. The molecule has 1 aromatic heterocycles. The molecule has 0 spiro atoms. The van der Waals surface area contributed by atoms with Gasteiger partial charge in [-0.3, -0.25) is 4.68 Å². The smallest absolute Gasteiger partial charge is 0.341 e. The third kappa shape index (κ3) is 4.05. The molecule has 1 aliphatic rings. The fourth-order valence-corrected chi connectivity index (χ4v) is 2.47. The van der Waals surface area contributed by atoms with E-state index in [-0.39, 0.29) is 5.97 Å². The lowest BCUT2D eigenvalue weighted by Gasteiger charge is -2.26. The van der Waals surface area contributed by atoms with Crippen molar-refractivity contribution in [3.05, 3.63) is 17.5 Å². The van der Waals surface area contributed by atoms with E-state index in [1.54, 1.807) is 17.9 Å². The van der Waals surface area contributed by atoms with E-state index >= 15 is 0 Å². The molecule has 1 aliphatic heterocycles. The number of aromatic nitrogens is 2. The first-order valence-electron chi connectivity index (χ1n) is 7.11. The summed E-state index contributed by atoms with van der Waals surface area (Å²) in [5.41, 5.74) is 1.12. The number of methoxy groups -OCH3 is 1. The molecule has 0 aliphatic carbocycles. The second-order valence-corrected chi connectivity index (χ2v) is 5.11. The van der Waals surface area contributed by atoms with Gasteiger partial charge in [-0.2, -0.15) is 5.10 Å². The fraction of sp³-hybridized carbons (Fsp3) is 0.714. The average molecular weight is 281 g/mol. The lowest BCUT2D eigenvalue weighted by Crippen LogP contribution is -2.32. The SMILES string of the molecule is COC(=O)c1cn(C)nc1COCCN1CCCCC1. The van der Waals surface area contributed by atoms with Crippen LogP contribution in [0.25, 0.3) is 0 Å². The highest BCUT2D eigenvalue weighted by Crippen LogP contribution is 2.10. The number of nitrogens with zero attached hydrogens (tertiary/aromatic N) is 3. The van der Waals surface area contributed by atoms with Gasteiger partial charge in [-0.05, 0) is 25.9 Å². The second-order valence-electron chi connectivity index (χ2n) is 5.11. The molecule has 1 saturated heterocycles. The van der Waals surface area contributed by atoms with E-state index in [2.05, 4.69) is 10.00 Å². The standard InChI is InChI=1S/C14H23N3O3/c1-16-10-12(14(18)19-2)13(15-16)11-20-9-8-17-6-4-3-5-7-17/h10H,3-9,11H2,1-2H3. The van der Waals surface area contributed by atoms with E-state index in [0.29, 0.717) is 24.5 Å². The molecule has 2 rings (SSSR count). The Morgan fingerprint density at radius 2 is 2.10 bits per heavy atom. The Hall–Kier alpha value is -1.40. The lowest BCUT2D eigenvalue weighted by molar-refractivity contribution is 0.0585. The van der Waals surface area contributed by atoms with Crippen molar-refractivity contribution in [2.45, 2.75) is 25.9 Å². The molecule has 0 unspecified atom stereocenters. The average Bonchev–Trinajstić information content (AvgIpc) is 2.85. The predicted molar refractivity (Wildman–Crippen MR) is 74.5 cm³/mol. The van der Waals surface area contributed by atoms with Crippen LogP contribution in [0.4, 0.5) is 0 Å². The van der Waals surface area contributed by atoms with E-state index in [4.69, 9.17) is 9.47 Å². The maximum absolute atomic E-state index is 11.6. The number of carbonyl (C=O) groups is 1. The molecule has 0 saturated carbocycles. The molecule has 0 N–H and O–H groups in total. The van der Waals surface area contributed by atoms with Crippen molar-refractivity contribution in [1.82, 2.24) is 14.7 Å². The zero-order valence-electron chi connectivity index (χ0n) is 12.3. The molecule has 6 heteroatoms. The summed E-state index contributed by atoms with van der Waals surface area (Å²) < 4.78 is 12.0. The van der Waals surface area contributed by atoms with Gasteiger partial charge in [0.1, 0.15) is 11.3 Å². The van der Waals surface area contributed by atoms with Crippen LogP contribution in [0, 0.1) is 0 Å². The molecule has 0 radical (unpaired) electrons. The van der Waals surface area contributed by atoms with Crippen molar-refractivity contribution >= 4 is 5.97 Å². The van der Waals surface area contributed by atoms with Crippen LogP contribution in [0.3, 0.4) is 0 Å². The Bertz CT molecular complexity index is 439. The fourth-order valence-electron chi connectivity index (χ4n) is 2.47. The summed E-state index contributed by atoms with van der Waals surface area (Å²) >= 11 is 0. The van der Waals surface area contributed by atoms with Crippen molar-refractivity contribution < 1.29 is 14.3 Å². The Morgan fingerprint density at radius 1 is 1.35 bits per heavy atom. The molecule has 112 valence electrons. The molecule has 0 atom stereocenters. The third-order valence-corrected chi connectivity index (χ3v) is 3.55. The quantitative estimate of drug-likeness (QED) is 0.579. The summed E-state index contributed by atoms with van der Waals surface area (Å²) in [5, 5.41) is 4.24. The third-order valence-electron chi connectivity index (χ3n) is 3.55. The van der Waals surface area contributed by atoms with Gasteiger partial charge in [0.05, 0.1) is 20.3 Å². The predicted octanol–water partition coefficient (Wildman–Crippen LogP) is 1.21. The van der Waals surface area contributed by atoms with Crippen LogP contribution in [0.5, 0.6) is 0 Å². The number of aryl methyl sites for hydroxylation is 1. The summed E-state index contributed by atoms with van der Waals surface area (Å²) in [6.45, 7) is 4.29. The summed E-state index contributed by atoms with van der Waals surface area (Å²) in [4.78, 5) is 14.0. The van der Waals surface area contributed by atoms with Gasteiger partial charge >= 0.3 is 5.97 Å². The van der Waals surface area contributed by atoms with Gasteiger partial charge in [0.2, 0.25) is 0 Å². The van der Waals surface area contributed by atoms with Crippen LogP contribution < -0.4 is 0 Å². The van der Waals surface area contributed by atoms with Crippen molar-refractivity contribution in [1.29, 1.82) is 0 Å².